The molecule has 2 aromatic rings. The Balaban J connectivity index is 2.73. The van der Waals surface area contributed by atoms with Crippen molar-refractivity contribution in [3.8, 4) is 0 Å². The maximum absolute atomic E-state index is 12.1. The van der Waals surface area contributed by atoms with E-state index in [1.807, 2.05) is 6.07 Å². The van der Waals surface area contributed by atoms with E-state index in [2.05, 4.69) is 13.8 Å². The van der Waals surface area contributed by atoms with Crippen molar-refractivity contribution in [2.75, 3.05) is 0 Å². The van der Waals surface area contributed by atoms with Crippen LogP contribution in [0, 0.1) is 19.8 Å². The van der Waals surface area contributed by atoms with Gasteiger partial charge in [0.05, 0.1) is 11.1 Å². The zero-order valence-corrected chi connectivity index (χ0v) is 12.9. The number of carboxylic acid groups (broad SMARTS) is 1. The summed E-state index contributed by atoms with van der Waals surface area (Å²) in [6.45, 7) is 8.47. The minimum Gasteiger partial charge on any atom is -0.478 e. The lowest BCUT2D eigenvalue weighted by Gasteiger charge is -2.15. The van der Waals surface area contributed by atoms with Crippen LogP contribution in [0.5, 0.6) is 0 Å². The Hall–Kier alpha value is -2.10. The highest BCUT2D eigenvalue weighted by Gasteiger charge is 2.16. The van der Waals surface area contributed by atoms with Crippen molar-refractivity contribution in [2.45, 2.75) is 40.7 Å². The number of fused-ring (bicyclic) bond motifs is 1. The summed E-state index contributed by atoms with van der Waals surface area (Å²) in [5.41, 5.74) is 2.52. The number of carbonyl (C=O) groups is 1. The third-order valence-corrected chi connectivity index (χ3v) is 3.90. The van der Waals surface area contributed by atoms with E-state index in [1.54, 1.807) is 24.5 Å². The van der Waals surface area contributed by atoms with Gasteiger partial charge >= 0.3 is 5.97 Å². The summed E-state index contributed by atoms with van der Waals surface area (Å²) >= 11 is 0. The Morgan fingerprint density at radius 3 is 2.52 bits per heavy atom. The first-order valence-electron chi connectivity index (χ1n) is 7.20. The molecule has 0 fully saturated rings. The molecule has 0 spiro atoms. The van der Waals surface area contributed by atoms with Crippen LogP contribution < -0.4 is 5.56 Å². The molecular formula is C17H21NO3. The van der Waals surface area contributed by atoms with Gasteiger partial charge in [0, 0.05) is 18.0 Å². The first-order valence-corrected chi connectivity index (χ1v) is 7.20. The number of carboxylic acids is 1. The molecule has 0 bridgehead atoms. The number of benzene rings is 1. The first kappa shape index (κ1) is 15.3. The zero-order chi connectivity index (χ0) is 15.7. The number of aromatic nitrogens is 1. The quantitative estimate of drug-likeness (QED) is 0.938. The molecule has 0 saturated carbocycles. The van der Waals surface area contributed by atoms with Crippen molar-refractivity contribution in [1.29, 1.82) is 0 Å². The zero-order valence-electron chi connectivity index (χ0n) is 12.9. The lowest BCUT2D eigenvalue weighted by atomic mass is 9.97. The molecule has 0 aliphatic rings. The van der Waals surface area contributed by atoms with Crippen LogP contribution >= 0.6 is 0 Å². The van der Waals surface area contributed by atoms with Crippen LogP contribution in [0.3, 0.4) is 0 Å². The minimum atomic E-state index is -0.924. The monoisotopic (exact) mass is 287 g/mol. The number of hydrogen-bond donors (Lipinski definition) is 1. The molecule has 4 heteroatoms. The van der Waals surface area contributed by atoms with Crippen LogP contribution in [0.2, 0.25) is 0 Å². The molecule has 1 aromatic heterocycles. The number of nitrogens with zero attached hydrogens (tertiary/aromatic N) is 1. The van der Waals surface area contributed by atoms with Gasteiger partial charge in [0.1, 0.15) is 0 Å². The topological polar surface area (TPSA) is 59.3 Å². The smallest absolute Gasteiger partial charge is 0.336 e. The lowest BCUT2D eigenvalue weighted by Crippen LogP contribution is -2.21. The van der Waals surface area contributed by atoms with Crippen molar-refractivity contribution in [1.82, 2.24) is 4.57 Å². The third kappa shape index (κ3) is 2.84. The van der Waals surface area contributed by atoms with E-state index in [0.29, 0.717) is 23.6 Å². The maximum Gasteiger partial charge on any atom is 0.336 e. The van der Waals surface area contributed by atoms with Crippen LogP contribution in [0.15, 0.2) is 23.0 Å². The third-order valence-electron chi connectivity index (χ3n) is 3.90. The molecule has 0 atom stereocenters. The maximum atomic E-state index is 12.1. The minimum absolute atomic E-state index is 0.0370. The second-order valence-corrected chi connectivity index (χ2v) is 5.94. The van der Waals surface area contributed by atoms with Crippen molar-refractivity contribution >= 4 is 16.9 Å². The average Bonchev–Trinajstić information content (AvgIpc) is 2.36. The van der Waals surface area contributed by atoms with E-state index in [1.165, 1.54) is 6.07 Å². The molecule has 1 heterocycles. The second-order valence-electron chi connectivity index (χ2n) is 5.94. The van der Waals surface area contributed by atoms with Gasteiger partial charge < -0.3 is 9.67 Å². The van der Waals surface area contributed by atoms with Gasteiger partial charge in [-0.3, -0.25) is 4.79 Å². The average molecular weight is 287 g/mol. The van der Waals surface area contributed by atoms with Crippen LogP contribution in [-0.2, 0) is 6.54 Å². The van der Waals surface area contributed by atoms with E-state index >= 15 is 0 Å². The Labute approximate surface area is 124 Å². The summed E-state index contributed by atoms with van der Waals surface area (Å²) in [6.07, 6.45) is 0.914. The highest BCUT2D eigenvalue weighted by molar-refractivity contribution is 5.98. The fraction of sp³-hybridized carbons (Fsp3) is 0.412. The first-order chi connectivity index (χ1) is 9.82. The van der Waals surface area contributed by atoms with E-state index in [-0.39, 0.29) is 5.56 Å². The second kappa shape index (κ2) is 5.72. The largest absolute Gasteiger partial charge is 0.478 e. The molecule has 1 aromatic carbocycles. The molecule has 0 amide bonds. The fourth-order valence-electron chi connectivity index (χ4n) is 2.72. The molecule has 0 aliphatic heterocycles. The normalized spacial score (nSPS) is 11.3. The van der Waals surface area contributed by atoms with E-state index in [0.717, 1.165) is 22.9 Å². The van der Waals surface area contributed by atoms with E-state index in [4.69, 9.17) is 0 Å². The molecular weight excluding hydrogens is 266 g/mol. The summed E-state index contributed by atoms with van der Waals surface area (Å²) < 4.78 is 1.75. The molecule has 1 N–H and O–H groups in total. The van der Waals surface area contributed by atoms with Gasteiger partial charge in [0.2, 0.25) is 0 Å². The number of aromatic carboxylic acids is 1. The summed E-state index contributed by atoms with van der Waals surface area (Å²) in [5, 5.41) is 10.2. The molecule has 0 radical (unpaired) electrons. The SMILES string of the molecule is Cc1cc2c(ccc(=O)n2CCC(C)C)c(C)c1C(=O)O. The van der Waals surface area contributed by atoms with Gasteiger partial charge in [-0.1, -0.05) is 13.8 Å². The molecule has 21 heavy (non-hydrogen) atoms. The number of pyridine rings is 1. The summed E-state index contributed by atoms with van der Waals surface area (Å²) in [5.74, 6) is -0.417. The predicted molar refractivity (Wildman–Crippen MR) is 84.1 cm³/mol. The molecule has 0 unspecified atom stereocenters. The highest BCUT2D eigenvalue weighted by Crippen LogP contribution is 2.24. The van der Waals surface area contributed by atoms with Crippen LogP contribution in [0.1, 0.15) is 41.8 Å². The molecule has 0 aliphatic carbocycles. The van der Waals surface area contributed by atoms with Crippen molar-refractivity contribution in [3.05, 3.63) is 45.2 Å². The highest BCUT2D eigenvalue weighted by atomic mass is 16.4. The van der Waals surface area contributed by atoms with Gasteiger partial charge in [-0.25, -0.2) is 4.79 Å². The molecule has 2 rings (SSSR count). The molecule has 4 nitrogen and oxygen atoms in total. The van der Waals surface area contributed by atoms with Crippen LogP contribution in [-0.4, -0.2) is 15.6 Å². The predicted octanol–water partition coefficient (Wildman–Crippen LogP) is 3.36. The van der Waals surface area contributed by atoms with Gasteiger partial charge in [0.25, 0.3) is 5.56 Å². The van der Waals surface area contributed by atoms with Crippen molar-refractivity contribution in [3.63, 3.8) is 0 Å². The number of aryl methyl sites for hydroxylation is 3. The van der Waals surface area contributed by atoms with Crippen molar-refractivity contribution in [2.24, 2.45) is 5.92 Å². The van der Waals surface area contributed by atoms with Gasteiger partial charge in [-0.2, -0.15) is 0 Å². The number of rotatable bonds is 4. The Bertz CT molecular complexity index is 757. The Morgan fingerprint density at radius 2 is 1.95 bits per heavy atom. The van der Waals surface area contributed by atoms with E-state index < -0.39 is 5.97 Å². The number of hydrogen-bond acceptors (Lipinski definition) is 2. The Kier molecular flexibility index (Phi) is 4.16. The summed E-state index contributed by atoms with van der Waals surface area (Å²) in [4.78, 5) is 23.5. The Morgan fingerprint density at radius 1 is 1.29 bits per heavy atom. The van der Waals surface area contributed by atoms with Gasteiger partial charge in [-0.15, -0.1) is 0 Å². The van der Waals surface area contributed by atoms with Gasteiger partial charge in [-0.05, 0) is 49.4 Å². The summed E-state index contributed by atoms with van der Waals surface area (Å²) in [6, 6.07) is 5.06. The van der Waals surface area contributed by atoms with Crippen molar-refractivity contribution < 1.29 is 9.90 Å². The summed E-state index contributed by atoms with van der Waals surface area (Å²) in [7, 11) is 0. The standard InChI is InChI=1S/C17H21NO3/c1-10(2)7-8-18-14-9-11(3)16(17(20)21)12(4)13(14)5-6-15(18)19/h5-6,9-10H,7-8H2,1-4H3,(H,20,21). The lowest BCUT2D eigenvalue weighted by molar-refractivity contribution is 0.0695. The van der Waals surface area contributed by atoms with Crippen LogP contribution in [0.25, 0.3) is 10.9 Å². The van der Waals surface area contributed by atoms with Gasteiger partial charge in [0.15, 0.2) is 0 Å². The molecule has 112 valence electrons. The molecule has 0 saturated heterocycles. The van der Waals surface area contributed by atoms with Crippen LogP contribution in [0.4, 0.5) is 0 Å². The van der Waals surface area contributed by atoms with E-state index in [9.17, 15) is 14.7 Å². The fourth-order valence-corrected chi connectivity index (χ4v) is 2.72.